The van der Waals surface area contributed by atoms with Crippen molar-refractivity contribution in [3.05, 3.63) is 29.5 Å². The van der Waals surface area contributed by atoms with Crippen LogP contribution in [0.25, 0.3) is 0 Å². The number of hydrogen-bond acceptors (Lipinski definition) is 5. The van der Waals surface area contributed by atoms with Gasteiger partial charge in [-0.15, -0.1) is 0 Å². The van der Waals surface area contributed by atoms with E-state index >= 15 is 0 Å². The number of carbonyl (C=O) groups excluding carboxylic acids is 1. The van der Waals surface area contributed by atoms with Crippen molar-refractivity contribution < 1.29 is 9.21 Å². The highest BCUT2D eigenvalue weighted by Gasteiger charge is 2.24. The molecule has 0 fully saturated rings. The van der Waals surface area contributed by atoms with Crippen molar-refractivity contribution in [1.82, 2.24) is 25.1 Å². The Hall–Kier alpha value is -2.18. The molecule has 0 aliphatic heterocycles. The van der Waals surface area contributed by atoms with Gasteiger partial charge in [-0.1, -0.05) is 13.8 Å². The van der Waals surface area contributed by atoms with Crippen LogP contribution in [0, 0.1) is 19.8 Å². The molecule has 7 heteroatoms. The van der Waals surface area contributed by atoms with Crippen LogP contribution in [-0.2, 0) is 7.05 Å². The highest BCUT2D eigenvalue weighted by atomic mass is 16.4. The standard InChI is InChI=1S/C14H21N5O2/c1-8(2)6-11(13-15-7-16-19(13)5)18-14(20)12-9(3)17-10(4)21-12/h7-8,11H,6H2,1-5H3,(H,18,20). The van der Waals surface area contributed by atoms with Crippen LogP contribution in [0.3, 0.4) is 0 Å². The van der Waals surface area contributed by atoms with Crippen molar-refractivity contribution in [2.75, 3.05) is 0 Å². The van der Waals surface area contributed by atoms with Gasteiger partial charge in [0, 0.05) is 14.0 Å². The predicted molar refractivity (Wildman–Crippen MR) is 76.6 cm³/mol. The summed E-state index contributed by atoms with van der Waals surface area (Å²) < 4.78 is 7.04. The lowest BCUT2D eigenvalue weighted by atomic mass is 10.0. The summed E-state index contributed by atoms with van der Waals surface area (Å²) >= 11 is 0. The first kappa shape index (κ1) is 15.2. The summed E-state index contributed by atoms with van der Waals surface area (Å²) in [6.45, 7) is 7.67. The van der Waals surface area contributed by atoms with Crippen LogP contribution in [0.1, 0.15) is 54.3 Å². The second-order valence-corrected chi connectivity index (χ2v) is 5.54. The van der Waals surface area contributed by atoms with Gasteiger partial charge >= 0.3 is 0 Å². The number of amides is 1. The highest BCUT2D eigenvalue weighted by Crippen LogP contribution is 2.20. The SMILES string of the molecule is Cc1nc(C)c(C(=O)NC(CC(C)C)c2ncnn2C)o1. The molecule has 1 unspecified atom stereocenters. The summed E-state index contributed by atoms with van der Waals surface area (Å²) in [5.41, 5.74) is 0.589. The number of oxazole rings is 1. The summed E-state index contributed by atoms with van der Waals surface area (Å²) in [6.07, 6.45) is 2.25. The number of hydrogen-bond donors (Lipinski definition) is 1. The molecule has 1 N–H and O–H groups in total. The van der Waals surface area contributed by atoms with E-state index in [1.165, 1.54) is 6.33 Å². The summed E-state index contributed by atoms with van der Waals surface area (Å²) in [4.78, 5) is 20.7. The lowest BCUT2D eigenvalue weighted by molar-refractivity contribution is 0.0898. The molecule has 1 atom stereocenters. The van der Waals surface area contributed by atoms with E-state index in [9.17, 15) is 4.79 Å². The van der Waals surface area contributed by atoms with Gasteiger partial charge in [0.05, 0.1) is 11.7 Å². The molecule has 0 aliphatic carbocycles. The van der Waals surface area contributed by atoms with Crippen LogP contribution in [0.4, 0.5) is 0 Å². The average molecular weight is 291 g/mol. The van der Waals surface area contributed by atoms with Crippen LogP contribution in [0.15, 0.2) is 10.7 Å². The van der Waals surface area contributed by atoms with E-state index in [0.717, 1.165) is 12.2 Å². The molecule has 0 saturated carbocycles. The van der Waals surface area contributed by atoms with Gasteiger partial charge in [0.15, 0.2) is 5.89 Å². The highest BCUT2D eigenvalue weighted by molar-refractivity contribution is 5.92. The lowest BCUT2D eigenvalue weighted by Crippen LogP contribution is -2.31. The fraction of sp³-hybridized carbons (Fsp3) is 0.571. The molecule has 0 radical (unpaired) electrons. The van der Waals surface area contributed by atoms with Crippen LogP contribution >= 0.6 is 0 Å². The molecule has 2 aromatic rings. The topological polar surface area (TPSA) is 85.8 Å². The third-order valence-electron chi connectivity index (χ3n) is 3.18. The van der Waals surface area contributed by atoms with Gasteiger partial charge in [-0.2, -0.15) is 5.10 Å². The first-order chi connectivity index (χ1) is 9.88. The van der Waals surface area contributed by atoms with Gasteiger partial charge in [0.25, 0.3) is 5.91 Å². The predicted octanol–water partition coefficient (Wildman–Crippen LogP) is 1.94. The molecule has 2 rings (SSSR count). The number of nitrogens with zero attached hydrogens (tertiary/aromatic N) is 4. The number of carbonyl (C=O) groups is 1. The van der Waals surface area contributed by atoms with E-state index < -0.39 is 0 Å². The normalized spacial score (nSPS) is 12.7. The van der Waals surface area contributed by atoms with Crippen molar-refractivity contribution in [3.63, 3.8) is 0 Å². The molecular weight excluding hydrogens is 270 g/mol. The second kappa shape index (κ2) is 6.07. The second-order valence-electron chi connectivity index (χ2n) is 5.54. The molecule has 2 aromatic heterocycles. The van der Waals surface area contributed by atoms with Crippen LogP contribution in [0.2, 0.25) is 0 Å². The minimum absolute atomic E-state index is 0.213. The Morgan fingerprint density at radius 1 is 1.43 bits per heavy atom. The Morgan fingerprint density at radius 2 is 2.14 bits per heavy atom. The van der Waals surface area contributed by atoms with Crippen molar-refractivity contribution in [1.29, 1.82) is 0 Å². The summed E-state index contributed by atoms with van der Waals surface area (Å²) in [6, 6.07) is -0.213. The largest absolute Gasteiger partial charge is 0.436 e. The molecular formula is C14H21N5O2. The molecule has 7 nitrogen and oxygen atoms in total. The average Bonchev–Trinajstić information content (AvgIpc) is 2.93. The zero-order valence-electron chi connectivity index (χ0n) is 13.0. The molecule has 0 saturated heterocycles. The number of aromatic nitrogens is 4. The fourth-order valence-electron chi connectivity index (χ4n) is 2.29. The van der Waals surface area contributed by atoms with E-state index in [-0.39, 0.29) is 17.7 Å². The minimum Gasteiger partial charge on any atom is -0.436 e. The number of aryl methyl sites for hydroxylation is 3. The summed E-state index contributed by atoms with van der Waals surface area (Å²) in [7, 11) is 1.81. The molecule has 21 heavy (non-hydrogen) atoms. The van der Waals surface area contributed by atoms with Gasteiger partial charge in [-0.25, -0.2) is 9.97 Å². The fourth-order valence-corrected chi connectivity index (χ4v) is 2.29. The zero-order chi connectivity index (χ0) is 15.6. The summed E-state index contributed by atoms with van der Waals surface area (Å²) in [5.74, 6) is 1.59. The molecule has 0 aliphatic rings. The molecule has 2 heterocycles. The third-order valence-corrected chi connectivity index (χ3v) is 3.18. The van der Waals surface area contributed by atoms with Gasteiger partial charge in [-0.05, 0) is 19.3 Å². The van der Waals surface area contributed by atoms with E-state index in [1.54, 1.807) is 18.5 Å². The van der Waals surface area contributed by atoms with Gasteiger partial charge in [-0.3, -0.25) is 9.48 Å². The lowest BCUT2D eigenvalue weighted by Gasteiger charge is -2.19. The molecule has 1 amide bonds. The minimum atomic E-state index is -0.276. The van der Waals surface area contributed by atoms with E-state index in [1.807, 2.05) is 7.05 Å². The van der Waals surface area contributed by atoms with Gasteiger partial charge in [0.2, 0.25) is 5.76 Å². The third kappa shape index (κ3) is 3.48. The molecule has 0 spiro atoms. The Bertz CT molecular complexity index is 629. The number of nitrogens with one attached hydrogen (secondary N) is 1. The van der Waals surface area contributed by atoms with E-state index in [4.69, 9.17) is 4.42 Å². The Labute approximate surface area is 123 Å². The van der Waals surface area contributed by atoms with Crippen molar-refractivity contribution in [2.45, 2.75) is 40.2 Å². The van der Waals surface area contributed by atoms with Crippen molar-refractivity contribution in [2.24, 2.45) is 13.0 Å². The van der Waals surface area contributed by atoms with E-state index in [0.29, 0.717) is 17.5 Å². The summed E-state index contributed by atoms with van der Waals surface area (Å²) in [5, 5.41) is 7.03. The van der Waals surface area contributed by atoms with Crippen molar-refractivity contribution >= 4 is 5.91 Å². The Balaban J connectivity index is 2.21. The smallest absolute Gasteiger partial charge is 0.289 e. The van der Waals surface area contributed by atoms with Crippen molar-refractivity contribution in [3.8, 4) is 0 Å². The molecule has 0 bridgehead atoms. The Morgan fingerprint density at radius 3 is 2.62 bits per heavy atom. The monoisotopic (exact) mass is 291 g/mol. The Kier molecular flexibility index (Phi) is 4.40. The zero-order valence-corrected chi connectivity index (χ0v) is 13.0. The van der Waals surface area contributed by atoms with Crippen LogP contribution in [-0.4, -0.2) is 25.7 Å². The first-order valence-corrected chi connectivity index (χ1v) is 6.97. The maximum atomic E-state index is 12.4. The van der Waals surface area contributed by atoms with Crippen LogP contribution in [0.5, 0.6) is 0 Å². The van der Waals surface area contributed by atoms with Gasteiger partial charge < -0.3 is 9.73 Å². The number of rotatable bonds is 5. The van der Waals surface area contributed by atoms with E-state index in [2.05, 4.69) is 34.2 Å². The maximum Gasteiger partial charge on any atom is 0.289 e. The quantitative estimate of drug-likeness (QED) is 0.909. The molecule has 0 aromatic carbocycles. The molecule has 114 valence electrons. The van der Waals surface area contributed by atoms with Gasteiger partial charge in [0.1, 0.15) is 12.2 Å². The maximum absolute atomic E-state index is 12.4. The first-order valence-electron chi connectivity index (χ1n) is 6.97. The van der Waals surface area contributed by atoms with Crippen LogP contribution < -0.4 is 5.32 Å².